The van der Waals surface area contributed by atoms with Gasteiger partial charge in [-0.15, -0.1) is 0 Å². The van der Waals surface area contributed by atoms with E-state index in [2.05, 4.69) is 15.3 Å². The Hall–Kier alpha value is -5.14. The minimum absolute atomic E-state index is 0.0444. The Kier molecular flexibility index (Phi) is 9.73. The molecule has 14 heteroatoms. The molecule has 0 aliphatic heterocycles. The molecule has 5 aromatic rings. The predicted octanol–water partition coefficient (Wildman–Crippen LogP) is 4.77. The molecule has 1 atom stereocenters. The summed E-state index contributed by atoms with van der Waals surface area (Å²) in [4.78, 5) is 36.6. The van der Waals surface area contributed by atoms with Crippen LogP contribution >= 0.6 is 11.6 Å². The number of nitrogen functional groups attached to an aromatic ring is 1. The zero-order valence-electron chi connectivity index (χ0n) is 25.7. The van der Waals surface area contributed by atoms with Crippen LogP contribution in [-0.2, 0) is 17.9 Å². The number of halogens is 2. The molecule has 0 aliphatic rings. The Labute approximate surface area is 269 Å². The van der Waals surface area contributed by atoms with Gasteiger partial charge in [-0.1, -0.05) is 23.7 Å². The molecule has 12 nitrogen and oxygen atoms in total. The average Bonchev–Trinajstić information content (AvgIpc) is 3.46. The van der Waals surface area contributed by atoms with Gasteiger partial charge in [-0.3, -0.25) is 9.36 Å². The molecule has 0 bridgehead atoms. The SMILES string of the molecule is COc1ccc(CN(C)c2cc(Cl)nc3c2ncn3C(=O)N[C@H](C)COCc2cc(N)c(=O)n(-c3ccccc3F)c2)c(OC)c1. The summed E-state index contributed by atoms with van der Waals surface area (Å²) >= 11 is 6.39. The van der Waals surface area contributed by atoms with Crippen LogP contribution < -0.4 is 31.0 Å². The van der Waals surface area contributed by atoms with E-state index in [0.29, 0.717) is 34.8 Å². The molecule has 5 rings (SSSR count). The van der Waals surface area contributed by atoms with Crippen molar-refractivity contribution in [3.05, 3.63) is 99.6 Å². The number of imidazole rings is 1. The van der Waals surface area contributed by atoms with Crippen LogP contribution in [0.4, 0.5) is 20.6 Å². The first-order chi connectivity index (χ1) is 22.1. The van der Waals surface area contributed by atoms with Gasteiger partial charge >= 0.3 is 6.03 Å². The predicted molar refractivity (Wildman–Crippen MR) is 174 cm³/mol. The Bertz CT molecular complexity index is 1950. The van der Waals surface area contributed by atoms with Gasteiger partial charge in [0.2, 0.25) is 0 Å². The quantitative estimate of drug-likeness (QED) is 0.194. The lowest BCUT2D eigenvalue weighted by Gasteiger charge is -2.21. The van der Waals surface area contributed by atoms with Gasteiger partial charge < -0.3 is 30.2 Å². The second kappa shape index (κ2) is 13.9. The van der Waals surface area contributed by atoms with E-state index in [1.807, 2.05) is 30.1 Å². The Morgan fingerprint density at radius 2 is 1.93 bits per heavy atom. The van der Waals surface area contributed by atoms with Crippen molar-refractivity contribution in [3.8, 4) is 17.2 Å². The molecule has 46 heavy (non-hydrogen) atoms. The van der Waals surface area contributed by atoms with E-state index in [1.54, 1.807) is 33.3 Å². The van der Waals surface area contributed by atoms with E-state index in [0.717, 1.165) is 10.1 Å². The first-order valence-electron chi connectivity index (χ1n) is 14.2. The molecule has 3 heterocycles. The lowest BCUT2D eigenvalue weighted by molar-refractivity contribution is 0.104. The third-order valence-corrected chi connectivity index (χ3v) is 7.40. The molecule has 1 amide bonds. The number of nitrogens with two attached hydrogens (primary N) is 1. The molecule has 0 saturated carbocycles. The second-order valence-corrected chi connectivity index (χ2v) is 11.0. The van der Waals surface area contributed by atoms with Crippen molar-refractivity contribution in [2.24, 2.45) is 0 Å². The first-order valence-corrected chi connectivity index (χ1v) is 14.6. The van der Waals surface area contributed by atoms with E-state index in [4.69, 9.17) is 31.5 Å². The van der Waals surface area contributed by atoms with E-state index < -0.39 is 23.4 Å². The fourth-order valence-corrected chi connectivity index (χ4v) is 5.13. The maximum Gasteiger partial charge on any atom is 0.328 e. The standard InChI is InChI=1S/C32H33ClFN7O5/c1-19(16-46-17-20-11-24(35)31(42)40(14-20)25-8-6-5-7-23(25)34)37-32(43)41-18-36-29-26(13-28(33)38-30(29)41)39(2)15-21-9-10-22(44-3)12-27(21)45-4/h5-14,18-19H,15-17,35H2,1-4H3,(H,37,43)/t19-/m1/s1. The number of aromatic nitrogens is 4. The highest BCUT2D eigenvalue weighted by Gasteiger charge is 2.20. The van der Waals surface area contributed by atoms with Crippen molar-refractivity contribution >= 4 is 40.2 Å². The number of nitrogens with one attached hydrogen (secondary N) is 1. The number of pyridine rings is 2. The number of hydrogen-bond acceptors (Lipinski definition) is 9. The van der Waals surface area contributed by atoms with Crippen LogP contribution in [0.25, 0.3) is 16.9 Å². The number of carbonyl (C=O) groups is 1. The lowest BCUT2D eigenvalue weighted by atomic mass is 10.1. The molecule has 240 valence electrons. The van der Waals surface area contributed by atoms with Crippen molar-refractivity contribution < 1.29 is 23.4 Å². The van der Waals surface area contributed by atoms with Gasteiger partial charge in [0.25, 0.3) is 5.56 Å². The number of nitrogens with zero attached hydrogens (tertiary/aromatic N) is 5. The molecule has 3 N–H and O–H groups in total. The number of fused-ring (bicyclic) bond motifs is 1. The average molecular weight is 650 g/mol. The number of anilines is 2. The van der Waals surface area contributed by atoms with Crippen LogP contribution in [-0.4, -0.2) is 59.0 Å². The molecule has 2 aromatic carbocycles. The molecule has 0 aliphatic carbocycles. The summed E-state index contributed by atoms with van der Waals surface area (Å²) in [6, 6.07) is 13.7. The monoisotopic (exact) mass is 649 g/mol. The highest BCUT2D eigenvalue weighted by Crippen LogP contribution is 2.31. The van der Waals surface area contributed by atoms with Gasteiger partial charge in [-0.05, 0) is 42.8 Å². The zero-order chi connectivity index (χ0) is 33.0. The van der Waals surface area contributed by atoms with Crippen LogP contribution in [0.5, 0.6) is 11.5 Å². The number of carbonyl (C=O) groups excluding carboxylic acids is 1. The second-order valence-electron chi connectivity index (χ2n) is 10.6. The number of amides is 1. The van der Waals surface area contributed by atoms with Crippen LogP contribution in [0.2, 0.25) is 5.15 Å². The summed E-state index contributed by atoms with van der Waals surface area (Å²) in [6.45, 7) is 2.43. The van der Waals surface area contributed by atoms with Gasteiger partial charge in [0, 0.05) is 37.5 Å². The van der Waals surface area contributed by atoms with Crippen LogP contribution in [0, 0.1) is 5.82 Å². The van der Waals surface area contributed by atoms with Gasteiger partial charge in [0.1, 0.15) is 34.3 Å². The van der Waals surface area contributed by atoms with Crippen LogP contribution in [0.15, 0.2) is 71.9 Å². The smallest absolute Gasteiger partial charge is 0.328 e. The lowest BCUT2D eigenvalue weighted by Crippen LogP contribution is -2.38. The number of para-hydroxylation sites is 1. The minimum atomic E-state index is -0.558. The van der Waals surface area contributed by atoms with Gasteiger partial charge in [-0.25, -0.2) is 23.7 Å². The maximum absolute atomic E-state index is 14.3. The minimum Gasteiger partial charge on any atom is -0.497 e. The molecule has 0 saturated heterocycles. The van der Waals surface area contributed by atoms with E-state index >= 15 is 0 Å². The molecule has 0 unspecified atom stereocenters. The Morgan fingerprint density at radius 3 is 2.67 bits per heavy atom. The summed E-state index contributed by atoms with van der Waals surface area (Å²) < 4.78 is 33.4. The van der Waals surface area contributed by atoms with Crippen molar-refractivity contribution in [3.63, 3.8) is 0 Å². The normalized spacial score (nSPS) is 11.8. The van der Waals surface area contributed by atoms with E-state index in [-0.39, 0.29) is 35.4 Å². The number of hydrogen-bond donors (Lipinski definition) is 2. The topological polar surface area (TPSA) is 139 Å². The van der Waals surface area contributed by atoms with Gasteiger partial charge in [-0.2, -0.15) is 0 Å². The van der Waals surface area contributed by atoms with Crippen LogP contribution in [0.1, 0.15) is 18.1 Å². The summed E-state index contributed by atoms with van der Waals surface area (Å²) in [7, 11) is 5.06. The first kappa shape index (κ1) is 32.3. The Morgan fingerprint density at radius 1 is 1.15 bits per heavy atom. The Balaban J connectivity index is 1.26. The van der Waals surface area contributed by atoms with Gasteiger partial charge in [0.15, 0.2) is 5.65 Å². The summed E-state index contributed by atoms with van der Waals surface area (Å²) in [5.74, 6) is 0.786. The molecular weight excluding hydrogens is 617 g/mol. The maximum atomic E-state index is 14.3. The van der Waals surface area contributed by atoms with Crippen molar-refractivity contribution in [2.75, 3.05) is 38.5 Å². The third kappa shape index (κ3) is 6.90. The summed E-state index contributed by atoms with van der Waals surface area (Å²) in [5.41, 5.74) is 8.31. The fourth-order valence-electron chi connectivity index (χ4n) is 4.95. The van der Waals surface area contributed by atoms with E-state index in [1.165, 1.54) is 41.4 Å². The molecule has 3 aromatic heterocycles. The summed E-state index contributed by atoms with van der Waals surface area (Å²) in [6.07, 6.45) is 2.86. The summed E-state index contributed by atoms with van der Waals surface area (Å²) in [5, 5.41) is 3.06. The molecule has 0 fully saturated rings. The van der Waals surface area contributed by atoms with Crippen molar-refractivity contribution in [1.82, 2.24) is 24.4 Å². The van der Waals surface area contributed by atoms with Crippen LogP contribution in [0.3, 0.4) is 0 Å². The number of rotatable bonds is 11. The zero-order valence-corrected chi connectivity index (χ0v) is 26.4. The number of methoxy groups -OCH3 is 2. The van der Waals surface area contributed by atoms with Gasteiger partial charge in [0.05, 0.1) is 50.5 Å². The molecule has 0 radical (unpaired) electrons. The highest BCUT2D eigenvalue weighted by atomic mass is 35.5. The van der Waals surface area contributed by atoms with Crippen molar-refractivity contribution in [2.45, 2.75) is 26.1 Å². The molecule has 0 spiro atoms. The fraction of sp³-hybridized carbons (Fsp3) is 0.250. The third-order valence-electron chi connectivity index (χ3n) is 7.21. The largest absolute Gasteiger partial charge is 0.497 e. The molecular formula is C32H33ClFN7O5. The van der Waals surface area contributed by atoms with Crippen molar-refractivity contribution in [1.29, 1.82) is 0 Å². The number of ether oxygens (including phenoxy) is 3. The van der Waals surface area contributed by atoms with E-state index in [9.17, 15) is 14.0 Å². The number of benzene rings is 2. The highest BCUT2D eigenvalue weighted by molar-refractivity contribution is 6.30.